The number of carbonyl (C=O) groups is 1. The molecule has 78 valence electrons. The molecule has 0 saturated carbocycles. The first-order chi connectivity index (χ1) is 6.70. The van der Waals surface area contributed by atoms with Crippen LogP contribution in [0.25, 0.3) is 6.08 Å². The number of alkyl halides is 1. The van der Waals surface area contributed by atoms with E-state index in [2.05, 4.69) is 11.6 Å². The molecule has 0 aliphatic carbocycles. The molecule has 0 spiro atoms. The summed E-state index contributed by atoms with van der Waals surface area (Å²) in [6, 6.07) is 3.82. The Balaban J connectivity index is 0. The Labute approximate surface area is 116 Å². The Morgan fingerprint density at radius 3 is 2.27 bits per heavy atom. The third-order valence-electron chi connectivity index (χ3n) is 1.25. The van der Waals surface area contributed by atoms with Crippen molar-refractivity contribution in [2.24, 2.45) is 0 Å². The van der Waals surface area contributed by atoms with Crippen LogP contribution >= 0.6 is 11.6 Å². The normalized spacial score (nSPS) is 7.80. The van der Waals surface area contributed by atoms with Gasteiger partial charge in [-0.2, -0.15) is 0 Å². The number of pyridine rings is 1. The quantitative estimate of drug-likeness (QED) is 0.644. The van der Waals surface area contributed by atoms with E-state index in [0.717, 1.165) is 5.56 Å². The molecule has 0 radical (unpaired) electrons. The number of rotatable bonds is 3. The van der Waals surface area contributed by atoms with Gasteiger partial charge >= 0.3 is 35.5 Å². The Bertz CT molecular complexity index is 280. The fraction of sp³-hybridized carbons (Fsp3) is 0.200. The molecule has 1 heterocycles. The first-order valence-electron chi connectivity index (χ1n) is 4.01. The number of hydrogen-bond donors (Lipinski definition) is 1. The average molecular weight is 238 g/mol. The molecular formula is C10H13ClNNaO2. The van der Waals surface area contributed by atoms with Gasteiger partial charge in [-0.05, 0) is 17.7 Å². The second-order valence-electron chi connectivity index (χ2n) is 2.32. The van der Waals surface area contributed by atoms with Gasteiger partial charge < -0.3 is 5.11 Å². The number of carboxylic acids is 1. The van der Waals surface area contributed by atoms with Gasteiger partial charge in [0.05, 0.1) is 6.42 Å². The van der Waals surface area contributed by atoms with Crippen LogP contribution in [-0.4, -0.2) is 51.5 Å². The molecule has 1 aromatic heterocycles. The number of carboxylic acid groups (broad SMARTS) is 1. The Kier molecular flexibility index (Phi) is 13.3. The number of hydrogen-bond acceptors (Lipinski definition) is 2. The summed E-state index contributed by atoms with van der Waals surface area (Å²) < 4.78 is 0. The third-order valence-corrected chi connectivity index (χ3v) is 1.44. The first kappa shape index (κ1) is 17.1. The van der Waals surface area contributed by atoms with Gasteiger partial charge in [-0.25, -0.2) is 0 Å². The zero-order valence-electron chi connectivity index (χ0n) is 7.69. The maximum atomic E-state index is 9.51. The van der Waals surface area contributed by atoms with Crippen molar-refractivity contribution in [2.45, 2.75) is 6.42 Å². The van der Waals surface area contributed by atoms with Crippen molar-refractivity contribution in [2.75, 3.05) is 5.88 Å². The van der Waals surface area contributed by atoms with Crippen LogP contribution < -0.4 is 0 Å². The molecule has 0 fully saturated rings. The van der Waals surface area contributed by atoms with E-state index in [1.807, 2.05) is 12.1 Å². The summed E-state index contributed by atoms with van der Waals surface area (Å²) in [6.45, 7) is 3.60. The molecule has 0 saturated heterocycles. The van der Waals surface area contributed by atoms with Gasteiger partial charge in [0.1, 0.15) is 0 Å². The van der Waals surface area contributed by atoms with Gasteiger partial charge in [-0.15, -0.1) is 11.6 Å². The van der Waals surface area contributed by atoms with Crippen molar-refractivity contribution in [3.05, 3.63) is 36.7 Å². The van der Waals surface area contributed by atoms with Gasteiger partial charge in [0.2, 0.25) is 0 Å². The summed E-state index contributed by atoms with van der Waals surface area (Å²) in [7, 11) is 0. The monoisotopic (exact) mass is 237 g/mol. The molecule has 1 rings (SSSR count). The minimum absolute atomic E-state index is 0. The van der Waals surface area contributed by atoms with Crippen LogP contribution in [0.15, 0.2) is 31.1 Å². The van der Waals surface area contributed by atoms with Crippen LogP contribution in [0.3, 0.4) is 0 Å². The van der Waals surface area contributed by atoms with Crippen molar-refractivity contribution in [3.63, 3.8) is 0 Å². The van der Waals surface area contributed by atoms with Gasteiger partial charge in [-0.1, -0.05) is 12.7 Å². The Morgan fingerprint density at radius 1 is 1.53 bits per heavy atom. The minimum atomic E-state index is -0.843. The number of halogens is 1. The van der Waals surface area contributed by atoms with E-state index in [1.165, 1.54) is 0 Å². The van der Waals surface area contributed by atoms with E-state index >= 15 is 0 Å². The average Bonchev–Trinajstić information content (AvgIpc) is 2.20. The van der Waals surface area contributed by atoms with Gasteiger partial charge in [0.25, 0.3) is 0 Å². The van der Waals surface area contributed by atoms with Crippen LogP contribution in [0.4, 0.5) is 0 Å². The molecule has 15 heavy (non-hydrogen) atoms. The predicted octanol–water partition coefficient (Wildman–Crippen LogP) is 1.78. The summed E-state index contributed by atoms with van der Waals surface area (Å²) >= 11 is 5.02. The predicted molar refractivity (Wildman–Crippen MR) is 64.4 cm³/mol. The van der Waals surface area contributed by atoms with Gasteiger partial charge in [0.15, 0.2) is 0 Å². The molecule has 3 nitrogen and oxygen atoms in total. The SMILES string of the molecule is C=Cc1ccncc1.O=C(O)CCCl.[NaH]. The van der Waals surface area contributed by atoms with Crippen LogP contribution in [0.5, 0.6) is 0 Å². The Hall–Kier alpha value is -0.350. The molecule has 5 heteroatoms. The van der Waals surface area contributed by atoms with Gasteiger partial charge in [0, 0.05) is 18.3 Å². The van der Waals surface area contributed by atoms with E-state index in [1.54, 1.807) is 18.5 Å². The van der Waals surface area contributed by atoms with Crippen molar-refractivity contribution >= 4 is 53.2 Å². The van der Waals surface area contributed by atoms with Crippen molar-refractivity contribution < 1.29 is 9.90 Å². The molecule has 0 aliphatic rings. The summed E-state index contributed by atoms with van der Waals surface area (Å²) in [5.41, 5.74) is 1.11. The van der Waals surface area contributed by atoms with Crippen LogP contribution in [0.1, 0.15) is 12.0 Å². The zero-order chi connectivity index (χ0) is 10.8. The van der Waals surface area contributed by atoms with E-state index in [0.29, 0.717) is 0 Å². The maximum absolute atomic E-state index is 9.51. The second kappa shape index (κ2) is 11.7. The number of aromatic nitrogens is 1. The topological polar surface area (TPSA) is 50.2 Å². The van der Waals surface area contributed by atoms with Crippen LogP contribution in [0, 0.1) is 0 Å². The molecular weight excluding hydrogens is 225 g/mol. The summed E-state index contributed by atoms with van der Waals surface area (Å²) in [5.74, 6) is -0.639. The van der Waals surface area contributed by atoms with Crippen molar-refractivity contribution in [1.82, 2.24) is 4.98 Å². The summed E-state index contributed by atoms with van der Waals surface area (Å²) in [6.07, 6.45) is 5.34. The summed E-state index contributed by atoms with van der Waals surface area (Å²) in [5, 5.41) is 7.83. The number of aliphatic carboxylic acids is 1. The molecule has 1 aromatic rings. The standard InChI is InChI=1S/C7H7N.C3H5ClO2.Na.H/c1-2-7-3-5-8-6-4-7;4-2-1-3(5)6;;/h2-6H,1H2;1-2H2,(H,5,6);;. The molecule has 0 unspecified atom stereocenters. The molecule has 0 atom stereocenters. The zero-order valence-corrected chi connectivity index (χ0v) is 8.44. The summed E-state index contributed by atoms with van der Waals surface area (Å²) in [4.78, 5) is 13.4. The van der Waals surface area contributed by atoms with E-state index in [9.17, 15) is 4.79 Å². The van der Waals surface area contributed by atoms with Crippen LogP contribution in [0.2, 0.25) is 0 Å². The van der Waals surface area contributed by atoms with E-state index in [4.69, 9.17) is 16.7 Å². The molecule has 0 aliphatic heterocycles. The van der Waals surface area contributed by atoms with E-state index < -0.39 is 5.97 Å². The fourth-order valence-corrected chi connectivity index (χ4v) is 0.742. The first-order valence-corrected chi connectivity index (χ1v) is 4.54. The second-order valence-corrected chi connectivity index (χ2v) is 2.70. The molecule has 0 amide bonds. The fourth-order valence-electron chi connectivity index (χ4n) is 0.580. The third kappa shape index (κ3) is 11.6. The Morgan fingerprint density at radius 2 is 2.07 bits per heavy atom. The molecule has 1 N–H and O–H groups in total. The van der Waals surface area contributed by atoms with Crippen molar-refractivity contribution in [3.8, 4) is 0 Å². The van der Waals surface area contributed by atoms with E-state index in [-0.39, 0.29) is 41.9 Å². The molecule has 0 bridgehead atoms. The number of nitrogens with zero attached hydrogens (tertiary/aromatic N) is 1. The van der Waals surface area contributed by atoms with Crippen molar-refractivity contribution in [1.29, 1.82) is 0 Å². The molecule has 0 aromatic carbocycles. The van der Waals surface area contributed by atoms with Crippen LogP contribution in [-0.2, 0) is 4.79 Å². The van der Waals surface area contributed by atoms with Gasteiger partial charge in [-0.3, -0.25) is 9.78 Å².